The molecule has 1 atom stereocenters. The van der Waals surface area contributed by atoms with Gasteiger partial charge < -0.3 is 4.90 Å². The fourth-order valence-electron chi connectivity index (χ4n) is 3.23. The van der Waals surface area contributed by atoms with Crippen molar-refractivity contribution >= 4 is 17.2 Å². The normalized spacial score (nSPS) is 18.7. The van der Waals surface area contributed by atoms with Crippen molar-refractivity contribution in [1.82, 2.24) is 19.7 Å². The summed E-state index contributed by atoms with van der Waals surface area (Å²) in [5.74, 6) is 1.88. The van der Waals surface area contributed by atoms with Crippen LogP contribution < -0.4 is 0 Å². The van der Waals surface area contributed by atoms with Gasteiger partial charge in [0.15, 0.2) is 0 Å². The van der Waals surface area contributed by atoms with Crippen LogP contribution in [0.4, 0.5) is 0 Å². The third-order valence-corrected chi connectivity index (χ3v) is 5.17. The second-order valence-corrected chi connectivity index (χ2v) is 7.49. The number of rotatable bonds is 2. The highest BCUT2D eigenvalue weighted by Gasteiger charge is 2.28. The molecular weight excluding hydrogens is 296 g/mol. The summed E-state index contributed by atoms with van der Waals surface area (Å²) >= 11 is 1.69. The quantitative estimate of drug-likeness (QED) is 0.855. The number of thiophene rings is 1. The van der Waals surface area contributed by atoms with Crippen LogP contribution in [0.5, 0.6) is 0 Å². The summed E-state index contributed by atoms with van der Waals surface area (Å²) in [6.07, 6.45) is 2.06. The fraction of sp³-hybridized carbons (Fsp3) is 0.562. The third-order valence-electron chi connectivity index (χ3n) is 4.21. The second kappa shape index (κ2) is 5.83. The molecule has 1 aliphatic rings. The van der Waals surface area contributed by atoms with E-state index < -0.39 is 0 Å². The minimum atomic E-state index is 0.154. The highest BCUT2D eigenvalue weighted by atomic mass is 32.1. The van der Waals surface area contributed by atoms with Gasteiger partial charge in [0, 0.05) is 22.8 Å². The molecule has 0 radical (unpaired) electrons. The Kier molecular flexibility index (Phi) is 4.04. The van der Waals surface area contributed by atoms with E-state index in [1.807, 2.05) is 36.4 Å². The number of nitrogens with zero attached hydrogens (tertiary/aromatic N) is 4. The molecule has 5 nitrogen and oxygen atoms in total. The first kappa shape index (κ1) is 15.2. The Morgan fingerprint density at radius 3 is 2.68 bits per heavy atom. The zero-order chi connectivity index (χ0) is 15.9. The van der Waals surface area contributed by atoms with Crippen molar-refractivity contribution in [2.24, 2.45) is 0 Å². The molecule has 1 saturated heterocycles. The molecule has 0 aliphatic carbocycles. The van der Waals surface area contributed by atoms with Gasteiger partial charge in [-0.3, -0.25) is 4.79 Å². The third kappa shape index (κ3) is 2.79. The lowest BCUT2D eigenvalue weighted by Crippen LogP contribution is -2.41. The Morgan fingerprint density at radius 2 is 2.09 bits per heavy atom. The molecule has 22 heavy (non-hydrogen) atoms. The second-order valence-electron chi connectivity index (χ2n) is 6.02. The van der Waals surface area contributed by atoms with E-state index >= 15 is 0 Å². The SMILES string of the molecule is Cc1nc(C)n([C@@H]2CCCN(C(=O)c3cc(C)sc3C)C2)n1. The molecule has 118 valence electrons. The van der Waals surface area contributed by atoms with E-state index in [2.05, 4.69) is 17.0 Å². The van der Waals surface area contributed by atoms with Gasteiger partial charge in [-0.25, -0.2) is 9.67 Å². The molecule has 3 heterocycles. The molecule has 1 amide bonds. The molecule has 0 bridgehead atoms. The van der Waals surface area contributed by atoms with Gasteiger partial charge in [0.25, 0.3) is 5.91 Å². The fourth-order valence-corrected chi connectivity index (χ4v) is 4.15. The van der Waals surface area contributed by atoms with Crippen molar-refractivity contribution in [3.63, 3.8) is 0 Å². The van der Waals surface area contributed by atoms with Gasteiger partial charge in [0.2, 0.25) is 0 Å². The predicted octanol–water partition coefficient (Wildman–Crippen LogP) is 3.05. The number of likely N-dealkylation sites (tertiary alicyclic amines) is 1. The number of carbonyl (C=O) groups is 1. The lowest BCUT2D eigenvalue weighted by Gasteiger charge is -2.33. The van der Waals surface area contributed by atoms with Crippen molar-refractivity contribution < 1.29 is 4.79 Å². The maximum absolute atomic E-state index is 12.8. The first-order valence-corrected chi connectivity index (χ1v) is 8.53. The molecule has 1 aliphatic heterocycles. The summed E-state index contributed by atoms with van der Waals surface area (Å²) < 4.78 is 1.99. The van der Waals surface area contributed by atoms with Crippen LogP contribution in [0.3, 0.4) is 0 Å². The standard InChI is InChI=1S/C16H22N4OS/c1-10-8-15(11(2)22-10)16(21)19-7-5-6-14(9-19)20-13(4)17-12(3)18-20/h8,14H,5-7,9H2,1-4H3/t14-/m1/s1. The van der Waals surface area contributed by atoms with E-state index in [-0.39, 0.29) is 11.9 Å². The number of amides is 1. The van der Waals surface area contributed by atoms with E-state index in [9.17, 15) is 4.79 Å². The molecule has 1 fully saturated rings. The molecule has 3 rings (SSSR count). The molecule has 0 saturated carbocycles. The summed E-state index contributed by atoms with van der Waals surface area (Å²) in [5, 5.41) is 4.49. The first-order chi connectivity index (χ1) is 10.5. The lowest BCUT2D eigenvalue weighted by atomic mass is 10.0. The number of hydrogen-bond acceptors (Lipinski definition) is 4. The van der Waals surface area contributed by atoms with Crippen molar-refractivity contribution in [3.05, 3.63) is 33.0 Å². The maximum atomic E-state index is 12.8. The summed E-state index contributed by atoms with van der Waals surface area (Å²) in [6, 6.07) is 2.25. The number of aryl methyl sites for hydroxylation is 4. The molecule has 0 N–H and O–H groups in total. The Hall–Kier alpha value is -1.69. The number of hydrogen-bond donors (Lipinski definition) is 0. The molecule has 2 aromatic rings. The Morgan fingerprint density at radius 1 is 1.32 bits per heavy atom. The van der Waals surface area contributed by atoms with Crippen LogP contribution in [0.2, 0.25) is 0 Å². The minimum Gasteiger partial charge on any atom is -0.336 e. The molecular formula is C16H22N4OS. The summed E-state index contributed by atoms with van der Waals surface area (Å²) in [6.45, 7) is 9.51. The van der Waals surface area contributed by atoms with Crippen LogP contribution in [0.1, 0.15) is 50.6 Å². The van der Waals surface area contributed by atoms with Crippen LogP contribution in [-0.2, 0) is 0 Å². The van der Waals surface area contributed by atoms with Gasteiger partial charge in [-0.2, -0.15) is 5.10 Å². The van der Waals surface area contributed by atoms with Crippen LogP contribution in [0, 0.1) is 27.7 Å². The minimum absolute atomic E-state index is 0.154. The molecule has 2 aromatic heterocycles. The molecule has 0 spiro atoms. The monoisotopic (exact) mass is 318 g/mol. The lowest BCUT2D eigenvalue weighted by molar-refractivity contribution is 0.0671. The predicted molar refractivity (Wildman–Crippen MR) is 87.5 cm³/mol. The number of piperidine rings is 1. The van der Waals surface area contributed by atoms with E-state index in [1.54, 1.807) is 11.3 Å². The van der Waals surface area contributed by atoms with Gasteiger partial charge in [-0.05, 0) is 46.6 Å². The van der Waals surface area contributed by atoms with Crippen LogP contribution in [0.15, 0.2) is 6.07 Å². The summed E-state index contributed by atoms with van der Waals surface area (Å²) in [5.41, 5.74) is 0.856. The topological polar surface area (TPSA) is 51.0 Å². The first-order valence-electron chi connectivity index (χ1n) is 7.71. The summed E-state index contributed by atoms with van der Waals surface area (Å²) in [4.78, 5) is 21.4. The smallest absolute Gasteiger partial charge is 0.255 e. The van der Waals surface area contributed by atoms with Gasteiger partial charge in [0.1, 0.15) is 11.6 Å². The van der Waals surface area contributed by atoms with Gasteiger partial charge >= 0.3 is 0 Å². The Labute approximate surface area is 135 Å². The van der Waals surface area contributed by atoms with Crippen molar-refractivity contribution in [3.8, 4) is 0 Å². The van der Waals surface area contributed by atoms with E-state index in [4.69, 9.17) is 0 Å². The molecule has 6 heteroatoms. The van der Waals surface area contributed by atoms with E-state index in [1.165, 1.54) is 4.88 Å². The largest absolute Gasteiger partial charge is 0.336 e. The average molecular weight is 318 g/mol. The summed E-state index contributed by atoms with van der Waals surface area (Å²) in [7, 11) is 0. The van der Waals surface area contributed by atoms with Gasteiger partial charge in [0.05, 0.1) is 11.6 Å². The van der Waals surface area contributed by atoms with E-state index in [0.29, 0.717) is 0 Å². The Balaban J connectivity index is 1.80. The molecule has 0 aromatic carbocycles. The average Bonchev–Trinajstić information content (AvgIpc) is 2.99. The van der Waals surface area contributed by atoms with Crippen LogP contribution >= 0.6 is 11.3 Å². The zero-order valence-corrected chi connectivity index (χ0v) is 14.4. The van der Waals surface area contributed by atoms with Crippen LogP contribution in [-0.4, -0.2) is 38.7 Å². The number of carbonyl (C=O) groups excluding carboxylic acids is 1. The highest BCUT2D eigenvalue weighted by molar-refractivity contribution is 7.12. The highest BCUT2D eigenvalue weighted by Crippen LogP contribution is 2.26. The van der Waals surface area contributed by atoms with Crippen molar-refractivity contribution in [1.29, 1.82) is 0 Å². The van der Waals surface area contributed by atoms with Gasteiger partial charge in [-0.15, -0.1) is 11.3 Å². The van der Waals surface area contributed by atoms with Gasteiger partial charge in [-0.1, -0.05) is 0 Å². The van der Waals surface area contributed by atoms with E-state index in [0.717, 1.165) is 48.0 Å². The zero-order valence-electron chi connectivity index (χ0n) is 13.6. The van der Waals surface area contributed by atoms with Crippen molar-refractivity contribution in [2.75, 3.05) is 13.1 Å². The van der Waals surface area contributed by atoms with Crippen molar-refractivity contribution in [2.45, 2.75) is 46.6 Å². The molecule has 0 unspecified atom stereocenters. The number of aromatic nitrogens is 3. The maximum Gasteiger partial charge on any atom is 0.255 e. The van der Waals surface area contributed by atoms with Crippen LogP contribution in [0.25, 0.3) is 0 Å². The Bertz CT molecular complexity index is 703.